The third-order valence-electron chi connectivity index (χ3n) is 3.72. The molecule has 100 valence electrons. The van der Waals surface area contributed by atoms with Crippen molar-refractivity contribution >= 4 is 16.8 Å². The Kier molecular flexibility index (Phi) is 3.51. The maximum absolute atomic E-state index is 12.4. The predicted molar refractivity (Wildman–Crippen MR) is 76.3 cm³/mol. The quantitative estimate of drug-likeness (QED) is 0.771. The minimum absolute atomic E-state index is 0.0268. The molecule has 1 fully saturated rings. The predicted octanol–water partition coefficient (Wildman–Crippen LogP) is 2.04. The highest BCUT2D eigenvalue weighted by molar-refractivity contribution is 6.06. The zero-order valence-corrected chi connectivity index (χ0v) is 10.9. The highest BCUT2D eigenvalue weighted by atomic mass is 16.1. The lowest BCUT2D eigenvalue weighted by molar-refractivity contribution is 0.0937. The molecule has 2 aromatic rings. The van der Waals surface area contributed by atoms with Gasteiger partial charge in [-0.15, -0.1) is 0 Å². The number of H-pyrrole nitrogens is 1. The van der Waals surface area contributed by atoms with Gasteiger partial charge in [0.2, 0.25) is 0 Å². The number of nitrogens with one attached hydrogen (secondary N) is 3. The van der Waals surface area contributed by atoms with Gasteiger partial charge in [-0.05, 0) is 37.6 Å². The Morgan fingerprint density at radius 1 is 1.26 bits per heavy atom. The molecular weight excluding hydrogens is 238 g/mol. The van der Waals surface area contributed by atoms with Crippen LogP contribution in [0.4, 0.5) is 0 Å². The molecular formula is C15H19N3O. The maximum atomic E-state index is 12.4. The van der Waals surface area contributed by atoms with Crippen LogP contribution < -0.4 is 10.6 Å². The van der Waals surface area contributed by atoms with Gasteiger partial charge in [0, 0.05) is 35.2 Å². The average Bonchev–Trinajstić information content (AvgIpc) is 2.76. The highest BCUT2D eigenvalue weighted by Crippen LogP contribution is 2.17. The summed E-state index contributed by atoms with van der Waals surface area (Å²) in [5.41, 5.74) is 1.76. The van der Waals surface area contributed by atoms with E-state index in [2.05, 4.69) is 15.6 Å². The monoisotopic (exact) mass is 257 g/mol. The number of aromatic nitrogens is 1. The summed E-state index contributed by atoms with van der Waals surface area (Å²) in [5, 5.41) is 7.49. The zero-order chi connectivity index (χ0) is 13.1. The van der Waals surface area contributed by atoms with E-state index < -0.39 is 0 Å². The second-order valence-electron chi connectivity index (χ2n) is 5.11. The van der Waals surface area contributed by atoms with Gasteiger partial charge in [0.1, 0.15) is 0 Å². The molecule has 1 aliphatic heterocycles. The van der Waals surface area contributed by atoms with Crippen LogP contribution >= 0.6 is 0 Å². The standard InChI is InChI=1S/C15H19N3O/c19-15(18-11-4-1-2-8-16-10-11)13-5-3-6-14-12(13)7-9-17-14/h3,5-7,9,11,16-17H,1-2,4,8,10H2,(H,18,19). The van der Waals surface area contributed by atoms with E-state index in [0.29, 0.717) is 0 Å². The third kappa shape index (κ3) is 2.63. The van der Waals surface area contributed by atoms with Crippen LogP contribution in [0.5, 0.6) is 0 Å². The van der Waals surface area contributed by atoms with Crippen molar-refractivity contribution in [3.63, 3.8) is 0 Å². The van der Waals surface area contributed by atoms with Crippen LogP contribution in [0.3, 0.4) is 0 Å². The Morgan fingerprint density at radius 2 is 2.21 bits per heavy atom. The Bertz CT molecular complexity index is 568. The molecule has 1 atom stereocenters. The van der Waals surface area contributed by atoms with Crippen LogP contribution in [0.15, 0.2) is 30.5 Å². The number of carbonyl (C=O) groups excluding carboxylic acids is 1. The van der Waals surface area contributed by atoms with Gasteiger partial charge in [-0.3, -0.25) is 4.79 Å². The highest BCUT2D eigenvalue weighted by Gasteiger charge is 2.17. The summed E-state index contributed by atoms with van der Waals surface area (Å²) >= 11 is 0. The average molecular weight is 257 g/mol. The zero-order valence-electron chi connectivity index (χ0n) is 10.9. The van der Waals surface area contributed by atoms with Crippen molar-refractivity contribution in [2.24, 2.45) is 0 Å². The van der Waals surface area contributed by atoms with Gasteiger partial charge in [-0.1, -0.05) is 12.5 Å². The summed E-state index contributed by atoms with van der Waals surface area (Å²) in [4.78, 5) is 15.5. The molecule has 1 aromatic heterocycles. The van der Waals surface area contributed by atoms with Crippen LogP contribution in [-0.2, 0) is 0 Å². The van der Waals surface area contributed by atoms with Gasteiger partial charge in [-0.2, -0.15) is 0 Å². The van der Waals surface area contributed by atoms with Gasteiger partial charge in [0.15, 0.2) is 0 Å². The molecule has 4 nitrogen and oxygen atoms in total. The van der Waals surface area contributed by atoms with Gasteiger partial charge in [-0.25, -0.2) is 0 Å². The number of fused-ring (bicyclic) bond motifs is 1. The molecule has 0 aliphatic carbocycles. The van der Waals surface area contributed by atoms with Gasteiger partial charge in [0.05, 0.1) is 0 Å². The number of hydrogen-bond acceptors (Lipinski definition) is 2. The molecule has 0 saturated carbocycles. The van der Waals surface area contributed by atoms with Crippen molar-refractivity contribution in [1.29, 1.82) is 0 Å². The Balaban J connectivity index is 1.77. The molecule has 3 N–H and O–H groups in total. The van der Waals surface area contributed by atoms with Crippen LogP contribution in [-0.4, -0.2) is 30.0 Å². The first-order valence-electron chi connectivity index (χ1n) is 6.92. The largest absolute Gasteiger partial charge is 0.361 e. The normalized spacial score (nSPS) is 20.1. The van der Waals surface area contributed by atoms with Gasteiger partial charge < -0.3 is 15.6 Å². The molecule has 2 heterocycles. The fourth-order valence-corrected chi connectivity index (χ4v) is 2.69. The smallest absolute Gasteiger partial charge is 0.252 e. The summed E-state index contributed by atoms with van der Waals surface area (Å²) in [5.74, 6) is 0.0268. The lowest BCUT2D eigenvalue weighted by atomic mass is 10.1. The minimum Gasteiger partial charge on any atom is -0.361 e. The Morgan fingerprint density at radius 3 is 3.16 bits per heavy atom. The molecule has 1 aliphatic rings. The minimum atomic E-state index is 0.0268. The van der Waals surface area contributed by atoms with Crippen molar-refractivity contribution in [2.45, 2.75) is 25.3 Å². The van der Waals surface area contributed by atoms with Crippen molar-refractivity contribution < 1.29 is 4.79 Å². The summed E-state index contributed by atoms with van der Waals surface area (Å²) in [6.45, 7) is 1.93. The molecule has 1 amide bonds. The fourth-order valence-electron chi connectivity index (χ4n) is 2.69. The van der Waals surface area contributed by atoms with Gasteiger partial charge >= 0.3 is 0 Å². The third-order valence-corrected chi connectivity index (χ3v) is 3.72. The number of hydrogen-bond donors (Lipinski definition) is 3. The number of aromatic amines is 1. The second kappa shape index (κ2) is 5.45. The molecule has 0 radical (unpaired) electrons. The van der Waals surface area contributed by atoms with Crippen molar-refractivity contribution in [2.75, 3.05) is 13.1 Å². The van der Waals surface area contributed by atoms with E-state index >= 15 is 0 Å². The van der Waals surface area contributed by atoms with Crippen LogP contribution in [0.25, 0.3) is 10.9 Å². The van der Waals surface area contributed by atoms with Crippen molar-refractivity contribution in [1.82, 2.24) is 15.6 Å². The SMILES string of the molecule is O=C(NC1CCCCNC1)c1cccc2[nH]ccc12. The summed E-state index contributed by atoms with van der Waals surface area (Å²) in [7, 11) is 0. The van der Waals surface area contributed by atoms with E-state index in [9.17, 15) is 4.79 Å². The first-order chi connectivity index (χ1) is 9.34. The first-order valence-corrected chi connectivity index (χ1v) is 6.92. The molecule has 4 heteroatoms. The molecule has 1 unspecified atom stereocenters. The van der Waals surface area contributed by atoms with Gasteiger partial charge in [0.25, 0.3) is 5.91 Å². The summed E-state index contributed by atoms with van der Waals surface area (Å²) in [6.07, 6.45) is 5.29. The van der Waals surface area contributed by atoms with E-state index in [1.165, 1.54) is 12.8 Å². The van der Waals surface area contributed by atoms with E-state index in [1.54, 1.807) is 0 Å². The van der Waals surface area contributed by atoms with Crippen molar-refractivity contribution in [3.8, 4) is 0 Å². The van der Waals surface area contributed by atoms with E-state index in [1.807, 2.05) is 30.5 Å². The topological polar surface area (TPSA) is 56.9 Å². The molecule has 19 heavy (non-hydrogen) atoms. The Hall–Kier alpha value is -1.81. The number of rotatable bonds is 2. The second-order valence-corrected chi connectivity index (χ2v) is 5.11. The molecule has 3 rings (SSSR count). The maximum Gasteiger partial charge on any atom is 0.252 e. The lowest BCUT2D eigenvalue weighted by Crippen LogP contribution is -2.40. The van der Waals surface area contributed by atoms with E-state index in [-0.39, 0.29) is 11.9 Å². The number of amides is 1. The molecule has 0 bridgehead atoms. The van der Waals surface area contributed by atoms with Crippen molar-refractivity contribution in [3.05, 3.63) is 36.0 Å². The van der Waals surface area contributed by atoms with E-state index in [0.717, 1.165) is 36.0 Å². The first kappa shape index (κ1) is 12.2. The molecule has 1 aromatic carbocycles. The van der Waals surface area contributed by atoms with Crippen LogP contribution in [0, 0.1) is 0 Å². The van der Waals surface area contributed by atoms with Crippen LogP contribution in [0.1, 0.15) is 29.6 Å². The Labute approximate surface area is 112 Å². The summed E-state index contributed by atoms with van der Waals surface area (Å²) in [6, 6.07) is 7.98. The summed E-state index contributed by atoms with van der Waals surface area (Å²) < 4.78 is 0. The molecule has 0 spiro atoms. The number of benzene rings is 1. The van der Waals surface area contributed by atoms with E-state index in [4.69, 9.17) is 0 Å². The molecule has 1 saturated heterocycles. The van der Waals surface area contributed by atoms with Crippen LogP contribution in [0.2, 0.25) is 0 Å². The number of carbonyl (C=O) groups is 1. The lowest BCUT2D eigenvalue weighted by Gasteiger charge is -2.16. The fraction of sp³-hybridized carbons (Fsp3) is 0.400.